The van der Waals surface area contributed by atoms with Crippen LogP contribution in [0.5, 0.6) is 0 Å². The Morgan fingerprint density at radius 3 is 2.40 bits per heavy atom. The second-order valence-electron chi connectivity index (χ2n) is 10.3. The third-order valence-corrected chi connectivity index (χ3v) is 8.83. The van der Waals surface area contributed by atoms with E-state index in [9.17, 15) is 29.8 Å². The summed E-state index contributed by atoms with van der Waals surface area (Å²) in [5, 5.41) is 31.9. The molecule has 10 nitrogen and oxygen atoms in total. The van der Waals surface area contributed by atoms with Gasteiger partial charge in [-0.05, 0) is 55.0 Å². The van der Waals surface area contributed by atoms with Crippen molar-refractivity contribution in [2.75, 3.05) is 16.4 Å². The Morgan fingerprint density at radius 2 is 1.67 bits per heavy atom. The van der Waals surface area contributed by atoms with E-state index in [2.05, 4.69) is 22.0 Å². The molecular weight excluding hydrogens is 647 g/mol. The van der Waals surface area contributed by atoms with Crippen LogP contribution in [0, 0.1) is 28.4 Å². The number of carbonyl (C=O) groups excluding carboxylic acids is 3. The Morgan fingerprint density at radius 1 is 0.938 bits per heavy atom. The molecule has 0 radical (unpaired) electrons. The molecule has 4 aromatic carbocycles. The van der Waals surface area contributed by atoms with Crippen molar-refractivity contribution < 1.29 is 19.3 Å². The molecule has 48 heavy (non-hydrogen) atoms. The number of thiophene rings is 1. The lowest BCUT2D eigenvalue weighted by atomic mass is 10.0. The molecule has 0 unspecified atom stereocenters. The van der Waals surface area contributed by atoms with Crippen molar-refractivity contribution in [2.45, 2.75) is 11.8 Å². The number of benzene rings is 4. The summed E-state index contributed by atoms with van der Waals surface area (Å²) in [5.74, 6) is -1.54. The Kier molecular flexibility index (Phi) is 10.8. The van der Waals surface area contributed by atoms with Crippen molar-refractivity contribution in [1.29, 1.82) is 5.26 Å². The monoisotopic (exact) mass is 673 g/mol. The molecule has 238 valence electrons. The highest BCUT2D eigenvalue weighted by molar-refractivity contribution is 8.00. The molecule has 1 aromatic heterocycles. The minimum atomic E-state index is -0.705. The van der Waals surface area contributed by atoms with Crippen LogP contribution in [-0.2, 0) is 9.59 Å². The van der Waals surface area contributed by atoms with E-state index in [1.807, 2.05) is 36.6 Å². The molecule has 3 N–H and O–H groups in total. The molecule has 0 fully saturated rings. The maximum Gasteiger partial charge on any atom is 0.276 e. The van der Waals surface area contributed by atoms with Gasteiger partial charge in [-0.25, -0.2) is 0 Å². The average molecular weight is 674 g/mol. The zero-order valence-electron chi connectivity index (χ0n) is 25.4. The second kappa shape index (κ2) is 15.5. The molecule has 12 heteroatoms. The Hall–Kier alpha value is -6.03. The highest BCUT2D eigenvalue weighted by Gasteiger charge is 2.19. The van der Waals surface area contributed by atoms with Gasteiger partial charge in [-0.1, -0.05) is 66.2 Å². The fourth-order valence-electron chi connectivity index (χ4n) is 4.55. The first-order valence-corrected chi connectivity index (χ1v) is 16.3. The number of nitriles is 1. The van der Waals surface area contributed by atoms with E-state index >= 15 is 0 Å². The van der Waals surface area contributed by atoms with E-state index in [4.69, 9.17) is 0 Å². The van der Waals surface area contributed by atoms with Gasteiger partial charge in [0.25, 0.3) is 17.5 Å². The van der Waals surface area contributed by atoms with Gasteiger partial charge in [-0.3, -0.25) is 24.5 Å². The predicted octanol–water partition coefficient (Wildman–Crippen LogP) is 7.64. The van der Waals surface area contributed by atoms with Crippen LogP contribution in [0.3, 0.4) is 0 Å². The van der Waals surface area contributed by atoms with Gasteiger partial charge in [-0.15, -0.1) is 23.1 Å². The van der Waals surface area contributed by atoms with E-state index in [-0.39, 0.29) is 28.6 Å². The quantitative estimate of drug-likeness (QED) is 0.0563. The van der Waals surface area contributed by atoms with E-state index in [0.717, 1.165) is 16.7 Å². The number of para-hydroxylation sites is 1. The molecule has 0 bridgehead atoms. The summed E-state index contributed by atoms with van der Waals surface area (Å²) in [5.41, 5.74) is 3.52. The van der Waals surface area contributed by atoms with Crippen LogP contribution in [-0.4, -0.2) is 28.4 Å². The van der Waals surface area contributed by atoms with E-state index in [1.165, 1.54) is 47.4 Å². The van der Waals surface area contributed by atoms with E-state index < -0.39 is 16.7 Å². The lowest BCUT2D eigenvalue weighted by Crippen LogP contribution is -2.30. The predicted molar refractivity (Wildman–Crippen MR) is 189 cm³/mol. The van der Waals surface area contributed by atoms with Crippen LogP contribution in [0.1, 0.15) is 27.0 Å². The molecule has 0 aliphatic heterocycles. The van der Waals surface area contributed by atoms with Crippen LogP contribution >= 0.6 is 23.1 Å². The first-order valence-electron chi connectivity index (χ1n) is 14.5. The Labute approximate surface area is 284 Å². The summed E-state index contributed by atoms with van der Waals surface area (Å²) in [6, 6.07) is 30.9. The molecule has 3 amide bonds. The maximum absolute atomic E-state index is 13.5. The third kappa shape index (κ3) is 8.41. The number of aryl methyl sites for hydroxylation is 1. The number of nitro benzene ring substituents is 1. The number of nitrogens with one attached hydrogen (secondary N) is 3. The van der Waals surface area contributed by atoms with Gasteiger partial charge in [-0.2, -0.15) is 5.26 Å². The van der Waals surface area contributed by atoms with E-state index in [1.54, 1.807) is 60.7 Å². The molecule has 1 heterocycles. The van der Waals surface area contributed by atoms with Gasteiger partial charge in [0.05, 0.1) is 21.8 Å². The minimum absolute atomic E-state index is 0.0377. The SMILES string of the molecule is Cc1ccc(-c2csc(NC(=O)CSc3cccc(NC(=O)/C(=C\c4ccccc4[N+](=O)[O-])NC(=O)c4ccccc4)c3)c2C#N)cc1. The topological polar surface area (TPSA) is 154 Å². The molecule has 5 rings (SSSR count). The number of thioether (sulfide) groups is 1. The van der Waals surface area contributed by atoms with Crippen molar-refractivity contribution in [1.82, 2.24) is 5.32 Å². The number of rotatable bonds is 11. The molecule has 0 saturated carbocycles. The molecule has 0 aliphatic rings. The zero-order chi connectivity index (χ0) is 34.0. The second-order valence-corrected chi connectivity index (χ2v) is 12.3. The summed E-state index contributed by atoms with van der Waals surface area (Å²) in [6.45, 7) is 1.98. The van der Waals surface area contributed by atoms with Crippen molar-refractivity contribution in [2.24, 2.45) is 0 Å². The van der Waals surface area contributed by atoms with Gasteiger partial charge in [0.1, 0.15) is 16.8 Å². The number of amides is 3. The molecular formula is C36H27N5O5S2. The fraction of sp³-hybridized carbons (Fsp3) is 0.0556. The largest absolute Gasteiger partial charge is 0.321 e. The number of nitrogens with zero attached hydrogens (tertiary/aromatic N) is 2. The number of nitro groups is 1. The van der Waals surface area contributed by atoms with Crippen molar-refractivity contribution >= 4 is 63.3 Å². The maximum atomic E-state index is 13.5. The highest BCUT2D eigenvalue weighted by atomic mass is 32.2. The van der Waals surface area contributed by atoms with Gasteiger partial charge < -0.3 is 16.0 Å². The standard InChI is InChI=1S/C36H27N5O5S2/c1-23-14-16-24(17-15-23)30-21-48-36(29(30)20-37)40-33(42)22-47-28-12-7-11-27(19-28)38-35(44)31(39-34(43)25-8-3-2-4-9-25)18-26-10-5-6-13-32(26)41(45)46/h2-19,21H,22H2,1H3,(H,38,44)(H,39,43)(H,40,42)/b31-18+. The number of carbonyl (C=O) groups is 3. The third-order valence-electron chi connectivity index (χ3n) is 6.94. The summed E-state index contributed by atoms with van der Waals surface area (Å²) >= 11 is 2.51. The van der Waals surface area contributed by atoms with Crippen molar-refractivity contribution in [3.8, 4) is 17.2 Å². The number of anilines is 2. The summed E-state index contributed by atoms with van der Waals surface area (Å²) in [7, 11) is 0. The van der Waals surface area contributed by atoms with Crippen LogP contribution in [0.25, 0.3) is 17.2 Å². The normalized spacial score (nSPS) is 10.9. The highest BCUT2D eigenvalue weighted by Crippen LogP contribution is 2.35. The van der Waals surface area contributed by atoms with Gasteiger partial charge in [0, 0.05) is 33.2 Å². The molecule has 0 aliphatic carbocycles. The lowest BCUT2D eigenvalue weighted by molar-refractivity contribution is -0.385. The number of hydrogen-bond donors (Lipinski definition) is 3. The van der Waals surface area contributed by atoms with Crippen LogP contribution in [0.2, 0.25) is 0 Å². The van der Waals surface area contributed by atoms with Crippen molar-refractivity contribution in [3.05, 3.63) is 147 Å². The Bertz CT molecular complexity index is 2070. The van der Waals surface area contributed by atoms with Crippen LogP contribution in [0.4, 0.5) is 16.4 Å². The first kappa shape index (κ1) is 33.3. The summed E-state index contributed by atoms with van der Waals surface area (Å²) < 4.78 is 0. The van der Waals surface area contributed by atoms with Gasteiger partial charge in [0.2, 0.25) is 5.91 Å². The smallest absolute Gasteiger partial charge is 0.276 e. The summed E-state index contributed by atoms with van der Waals surface area (Å²) in [6.07, 6.45) is 1.25. The fourth-order valence-corrected chi connectivity index (χ4v) is 6.24. The molecule has 0 saturated heterocycles. The van der Waals surface area contributed by atoms with Gasteiger partial charge in [0.15, 0.2) is 0 Å². The van der Waals surface area contributed by atoms with Gasteiger partial charge >= 0.3 is 0 Å². The van der Waals surface area contributed by atoms with Crippen LogP contribution in [0.15, 0.2) is 119 Å². The van der Waals surface area contributed by atoms with Crippen molar-refractivity contribution in [3.63, 3.8) is 0 Å². The van der Waals surface area contributed by atoms with E-state index in [0.29, 0.717) is 26.7 Å². The molecule has 0 atom stereocenters. The summed E-state index contributed by atoms with van der Waals surface area (Å²) in [4.78, 5) is 51.0. The average Bonchev–Trinajstić information content (AvgIpc) is 3.50. The lowest BCUT2D eigenvalue weighted by Gasteiger charge is -2.12. The Balaban J connectivity index is 1.28. The minimum Gasteiger partial charge on any atom is -0.321 e. The zero-order valence-corrected chi connectivity index (χ0v) is 27.1. The molecule has 5 aromatic rings. The van der Waals surface area contributed by atoms with Crippen LogP contribution < -0.4 is 16.0 Å². The molecule has 0 spiro atoms. The first-order chi connectivity index (χ1) is 23.2. The number of hydrogen-bond acceptors (Lipinski definition) is 8.